The SMILES string of the molecule is CCOC(=O)C(=O)C(CCCc1ccccc1)CS(=O)(=O)c1ccc(OC)cc1. The molecular formula is C22H26O6S. The summed E-state index contributed by atoms with van der Waals surface area (Å²) >= 11 is 0. The summed E-state index contributed by atoms with van der Waals surface area (Å²) in [6.07, 6.45) is 1.55. The number of aryl methyl sites for hydroxylation is 1. The summed E-state index contributed by atoms with van der Waals surface area (Å²) in [7, 11) is -2.27. The van der Waals surface area contributed by atoms with E-state index in [1.165, 1.54) is 19.2 Å². The second kappa shape index (κ2) is 10.8. The first-order valence-electron chi connectivity index (χ1n) is 9.49. The van der Waals surface area contributed by atoms with Crippen LogP contribution in [0.3, 0.4) is 0 Å². The highest BCUT2D eigenvalue weighted by Gasteiger charge is 2.31. The molecule has 2 aromatic rings. The summed E-state index contributed by atoms with van der Waals surface area (Å²) in [4.78, 5) is 24.6. The molecule has 0 saturated heterocycles. The molecule has 0 spiro atoms. The summed E-state index contributed by atoms with van der Waals surface area (Å²) in [5.41, 5.74) is 1.09. The summed E-state index contributed by atoms with van der Waals surface area (Å²) in [5.74, 6) is -2.64. The number of ketones is 1. The Morgan fingerprint density at radius 2 is 1.66 bits per heavy atom. The van der Waals surface area contributed by atoms with Crippen molar-refractivity contribution in [3.05, 3.63) is 60.2 Å². The van der Waals surface area contributed by atoms with Crippen molar-refractivity contribution in [2.45, 2.75) is 31.1 Å². The van der Waals surface area contributed by atoms with Gasteiger partial charge in [-0.25, -0.2) is 13.2 Å². The maximum absolute atomic E-state index is 12.8. The van der Waals surface area contributed by atoms with Crippen molar-refractivity contribution in [1.29, 1.82) is 0 Å². The fourth-order valence-corrected chi connectivity index (χ4v) is 4.59. The lowest BCUT2D eigenvalue weighted by Crippen LogP contribution is -2.31. The number of carbonyl (C=O) groups excluding carboxylic acids is 2. The van der Waals surface area contributed by atoms with Gasteiger partial charge >= 0.3 is 5.97 Å². The summed E-state index contributed by atoms with van der Waals surface area (Å²) in [6.45, 7) is 1.66. The number of carbonyl (C=O) groups is 2. The van der Waals surface area contributed by atoms with Gasteiger partial charge in [-0.05, 0) is 56.0 Å². The molecule has 0 saturated carbocycles. The van der Waals surface area contributed by atoms with Gasteiger partial charge in [-0.2, -0.15) is 0 Å². The third kappa shape index (κ3) is 6.71. The Morgan fingerprint density at radius 1 is 1.00 bits per heavy atom. The largest absolute Gasteiger partial charge is 0.497 e. The molecule has 2 rings (SSSR count). The molecule has 0 heterocycles. The maximum Gasteiger partial charge on any atom is 0.374 e. The number of hydrogen-bond acceptors (Lipinski definition) is 6. The Morgan fingerprint density at radius 3 is 2.24 bits per heavy atom. The molecule has 0 aliphatic carbocycles. The van der Waals surface area contributed by atoms with Gasteiger partial charge in [0, 0.05) is 5.92 Å². The van der Waals surface area contributed by atoms with Crippen LogP contribution in [0.2, 0.25) is 0 Å². The zero-order valence-corrected chi connectivity index (χ0v) is 17.5. The minimum atomic E-state index is -3.76. The van der Waals surface area contributed by atoms with Gasteiger partial charge in [0.25, 0.3) is 0 Å². The molecule has 0 N–H and O–H groups in total. The van der Waals surface area contributed by atoms with E-state index in [0.29, 0.717) is 18.6 Å². The second-order valence-electron chi connectivity index (χ2n) is 6.62. The van der Waals surface area contributed by atoms with Gasteiger partial charge in [0.2, 0.25) is 5.78 Å². The first-order chi connectivity index (χ1) is 13.9. The highest BCUT2D eigenvalue weighted by Crippen LogP contribution is 2.22. The lowest BCUT2D eigenvalue weighted by molar-refractivity contribution is -0.155. The lowest BCUT2D eigenvalue weighted by atomic mass is 9.97. The minimum Gasteiger partial charge on any atom is -0.497 e. The van der Waals surface area contributed by atoms with E-state index in [-0.39, 0.29) is 17.9 Å². The van der Waals surface area contributed by atoms with Crippen molar-refractivity contribution in [1.82, 2.24) is 0 Å². The number of rotatable bonds is 11. The summed E-state index contributed by atoms with van der Waals surface area (Å²) in [6, 6.07) is 15.7. The average molecular weight is 419 g/mol. The van der Waals surface area contributed by atoms with Crippen LogP contribution in [0.25, 0.3) is 0 Å². The van der Waals surface area contributed by atoms with Gasteiger partial charge < -0.3 is 9.47 Å². The molecule has 0 radical (unpaired) electrons. The van der Waals surface area contributed by atoms with E-state index in [0.717, 1.165) is 5.56 Å². The highest BCUT2D eigenvalue weighted by molar-refractivity contribution is 7.91. The molecule has 0 fully saturated rings. The Hall–Kier alpha value is -2.67. The second-order valence-corrected chi connectivity index (χ2v) is 8.65. The van der Waals surface area contributed by atoms with Crippen molar-refractivity contribution >= 4 is 21.6 Å². The zero-order valence-electron chi connectivity index (χ0n) is 16.7. The minimum absolute atomic E-state index is 0.0620. The third-order valence-corrected chi connectivity index (χ3v) is 6.38. The summed E-state index contributed by atoms with van der Waals surface area (Å²) in [5, 5.41) is 0. The predicted molar refractivity (Wildman–Crippen MR) is 110 cm³/mol. The molecule has 0 bridgehead atoms. The van der Waals surface area contributed by atoms with Crippen LogP contribution in [0, 0.1) is 5.92 Å². The van der Waals surface area contributed by atoms with Crippen molar-refractivity contribution in [3.63, 3.8) is 0 Å². The van der Waals surface area contributed by atoms with Crippen molar-refractivity contribution in [3.8, 4) is 5.75 Å². The van der Waals surface area contributed by atoms with E-state index in [1.54, 1.807) is 19.1 Å². The molecule has 7 heteroatoms. The fourth-order valence-electron chi connectivity index (χ4n) is 3.00. The number of esters is 1. The topological polar surface area (TPSA) is 86.7 Å². The lowest BCUT2D eigenvalue weighted by Gasteiger charge is -2.15. The number of Topliss-reactive ketones (excluding diaryl/α,β-unsaturated/α-hetero) is 1. The molecule has 2 aromatic carbocycles. The van der Waals surface area contributed by atoms with Gasteiger partial charge in [0.15, 0.2) is 9.84 Å². The number of methoxy groups -OCH3 is 1. The molecule has 0 aliphatic rings. The standard InChI is InChI=1S/C22H26O6S/c1-3-28-22(24)21(23)18(11-7-10-17-8-5-4-6-9-17)16-29(25,26)20-14-12-19(27-2)13-15-20/h4-6,8-9,12-15,18H,3,7,10-11,16H2,1-2H3. The number of ether oxygens (including phenoxy) is 2. The van der Waals surface area contributed by atoms with Crippen LogP contribution in [0.1, 0.15) is 25.3 Å². The Labute approximate surface area is 171 Å². The normalized spacial score (nSPS) is 12.2. The Balaban J connectivity index is 2.14. The van der Waals surface area contributed by atoms with Gasteiger partial charge in [0.05, 0.1) is 24.4 Å². The number of sulfone groups is 1. The monoisotopic (exact) mass is 418 g/mol. The molecule has 156 valence electrons. The predicted octanol–water partition coefficient (Wildman–Crippen LogP) is 3.24. The molecule has 29 heavy (non-hydrogen) atoms. The molecular weight excluding hydrogens is 392 g/mol. The van der Waals surface area contributed by atoms with Crippen LogP contribution in [-0.2, 0) is 30.6 Å². The van der Waals surface area contributed by atoms with E-state index >= 15 is 0 Å². The summed E-state index contributed by atoms with van der Waals surface area (Å²) < 4.78 is 35.5. The highest BCUT2D eigenvalue weighted by atomic mass is 32.2. The Kier molecular flexibility index (Phi) is 8.39. The molecule has 6 nitrogen and oxygen atoms in total. The van der Waals surface area contributed by atoms with Crippen LogP contribution in [-0.4, -0.2) is 39.6 Å². The first-order valence-corrected chi connectivity index (χ1v) is 11.1. The molecule has 0 amide bonds. The maximum atomic E-state index is 12.8. The Bertz CT molecular complexity index is 904. The van der Waals surface area contributed by atoms with Crippen molar-refractivity contribution < 1.29 is 27.5 Å². The van der Waals surface area contributed by atoms with Crippen molar-refractivity contribution in [2.24, 2.45) is 5.92 Å². The van der Waals surface area contributed by atoms with E-state index < -0.39 is 33.3 Å². The quantitative estimate of drug-likeness (QED) is 0.411. The van der Waals surface area contributed by atoms with E-state index in [1.807, 2.05) is 30.3 Å². The van der Waals surface area contributed by atoms with Gasteiger partial charge in [-0.3, -0.25) is 4.79 Å². The molecule has 0 aliphatic heterocycles. The zero-order chi connectivity index (χ0) is 21.3. The smallest absolute Gasteiger partial charge is 0.374 e. The van der Waals surface area contributed by atoms with Gasteiger partial charge in [0.1, 0.15) is 5.75 Å². The van der Waals surface area contributed by atoms with Gasteiger partial charge in [-0.15, -0.1) is 0 Å². The van der Waals surface area contributed by atoms with Crippen LogP contribution in [0.4, 0.5) is 0 Å². The fraction of sp³-hybridized carbons (Fsp3) is 0.364. The average Bonchev–Trinajstić information content (AvgIpc) is 2.73. The molecule has 1 unspecified atom stereocenters. The first kappa shape index (κ1) is 22.6. The molecule has 0 aromatic heterocycles. The van der Waals surface area contributed by atoms with Crippen LogP contribution >= 0.6 is 0 Å². The van der Waals surface area contributed by atoms with Gasteiger partial charge in [-0.1, -0.05) is 30.3 Å². The van der Waals surface area contributed by atoms with Crippen LogP contribution in [0.15, 0.2) is 59.5 Å². The van der Waals surface area contributed by atoms with E-state index in [2.05, 4.69) is 0 Å². The molecule has 1 atom stereocenters. The van der Waals surface area contributed by atoms with E-state index in [4.69, 9.17) is 9.47 Å². The third-order valence-electron chi connectivity index (χ3n) is 4.55. The van der Waals surface area contributed by atoms with Crippen molar-refractivity contribution in [2.75, 3.05) is 19.5 Å². The van der Waals surface area contributed by atoms with Crippen LogP contribution < -0.4 is 4.74 Å². The van der Waals surface area contributed by atoms with Crippen LogP contribution in [0.5, 0.6) is 5.75 Å². The van der Waals surface area contributed by atoms with E-state index in [9.17, 15) is 18.0 Å². The number of benzene rings is 2. The number of hydrogen-bond donors (Lipinski definition) is 0.